The van der Waals surface area contributed by atoms with Gasteiger partial charge in [-0.3, -0.25) is 0 Å². The Morgan fingerprint density at radius 2 is 1.92 bits per heavy atom. The number of nitrogens with zero attached hydrogens (tertiary/aromatic N) is 2. The van der Waals surface area contributed by atoms with Crippen LogP contribution < -0.4 is 9.46 Å². The van der Waals surface area contributed by atoms with Gasteiger partial charge in [-0.1, -0.05) is 12.1 Å². The van der Waals surface area contributed by atoms with Crippen molar-refractivity contribution in [3.05, 3.63) is 60.6 Å². The predicted octanol–water partition coefficient (Wildman–Crippen LogP) is 2.23. The normalized spacial score (nSPS) is 11.4. The SMILES string of the molecule is O=S(=O)(NCCOc1ccc(-c2ccco2)nn1)c1ccccc1F. The first-order chi connectivity index (χ1) is 12.1. The van der Waals surface area contributed by atoms with E-state index in [0.29, 0.717) is 11.5 Å². The van der Waals surface area contributed by atoms with Crippen LogP contribution in [0.1, 0.15) is 0 Å². The van der Waals surface area contributed by atoms with E-state index in [1.165, 1.54) is 24.5 Å². The third-order valence-corrected chi connectivity index (χ3v) is 4.68. The van der Waals surface area contributed by atoms with Crippen LogP contribution in [0.5, 0.6) is 5.88 Å². The Kier molecular flexibility index (Phi) is 5.05. The van der Waals surface area contributed by atoms with Crippen LogP contribution in [0.3, 0.4) is 0 Å². The Labute approximate surface area is 143 Å². The lowest BCUT2D eigenvalue weighted by molar-refractivity contribution is 0.307. The summed E-state index contributed by atoms with van der Waals surface area (Å²) in [6, 6.07) is 11.9. The van der Waals surface area contributed by atoms with Crippen molar-refractivity contribution >= 4 is 10.0 Å². The van der Waals surface area contributed by atoms with Gasteiger partial charge in [0.25, 0.3) is 0 Å². The number of halogens is 1. The highest BCUT2D eigenvalue weighted by molar-refractivity contribution is 7.89. The van der Waals surface area contributed by atoms with Crippen LogP contribution in [-0.4, -0.2) is 31.8 Å². The monoisotopic (exact) mass is 363 g/mol. The van der Waals surface area contributed by atoms with Gasteiger partial charge in [-0.25, -0.2) is 17.5 Å². The molecule has 3 aromatic rings. The van der Waals surface area contributed by atoms with Gasteiger partial charge in [0, 0.05) is 12.6 Å². The average molecular weight is 363 g/mol. The van der Waals surface area contributed by atoms with Gasteiger partial charge in [-0.15, -0.1) is 10.2 Å². The van der Waals surface area contributed by atoms with Crippen molar-refractivity contribution in [2.24, 2.45) is 0 Å². The van der Waals surface area contributed by atoms with Gasteiger partial charge in [0.15, 0.2) is 5.76 Å². The van der Waals surface area contributed by atoms with Gasteiger partial charge < -0.3 is 9.15 Å². The molecule has 130 valence electrons. The molecule has 0 atom stereocenters. The molecule has 9 heteroatoms. The maximum atomic E-state index is 13.5. The highest BCUT2D eigenvalue weighted by Gasteiger charge is 2.17. The zero-order valence-electron chi connectivity index (χ0n) is 12.9. The van der Waals surface area contributed by atoms with Gasteiger partial charge in [-0.2, -0.15) is 0 Å². The standard InChI is InChI=1S/C16H14FN3O4S/c17-12-4-1-2-6-15(12)25(21,22)18-9-11-24-16-8-7-13(19-20-16)14-5-3-10-23-14/h1-8,10,18H,9,11H2. The fourth-order valence-corrected chi connectivity index (χ4v) is 3.11. The van der Waals surface area contributed by atoms with Crippen LogP contribution >= 0.6 is 0 Å². The van der Waals surface area contributed by atoms with Crippen LogP contribution in [0, 0.1) is 5.82 Å². The fraction of sp³-hybridized carbons (Fsp3) is 0.125. The van der Waals surface area contributed by atoms with E-state index in [-0.39, 0.29) is 19.0 Å². The number of hydrogen-bond donors (Lipinski definition) is 1. The maximum absolute atomic E-state index is 13.5. The molecule has 3 rings (SSSR count). The van der Waals surface area contributed by atoms with Gasteiger partial charge in [-0.05, 0) is 30.3 Å². The number of nitrogens with one attached hydrogen (secondary N) is 1. The largest absolute Gasteiger partial charge is 0.475 e. The van der Waals surface area contributed by atoms with Crippen LogP contribution in [0.15, 0.2) is 64.1 Å². The van der Waals surface area contributed by atoms with E-state index in [0.717, 1.165) is 6.07 Å². The number of aromatic nitrogens is 2. The Hall–Kier alpha value is -2.78. The first-order valence-corrected chi connectivity index (χ1v) is 8.79. The van der Waals surface area contributed by atoms with Crippen molar-refractivity contribution in [1.29, 1.82) is 0 Å². The summed E-state index contributed by atoms with van der Waals surface area (Å²) in [7, 11) is -3.94. The third-order valence-electron chi connectivity index (χ3n) is 3.18. The first kappa shape index (κ1) is 17.1. The van der Waals surface area contributed by atoms with Crippen LogP contribution in [0.25, 0.3) is 11.5 Å². The molecule has 1 N–H and O–H groups in total. The van der Waals surface area contributed by atoms with E-state index in [9.17, 15) is 12.8 Å². The van der Waals surface area contributed by atoms with Gasteiger partial charge in [0.05, 0.1) is 6.26 Å². The van der Waals surface area contributed by atoms with Crippen molar-refractivity contribution < 1.29 is 22.0 Å². The zero-order valence-corrected chi connectivity index (χ0v) is 13.7. The molecule has 0 unspecified atom stereocenters. The van der Waals surface area contributed by atoms with Crippen LogP contribution in [0.4, 0.5) is 4.39 Å². The highest BCUT2D eigenvalue weighted by Crippen LogP contribution is 2.17. The quantitative estimate of drug-likeness (QED) is 0.647. The summed E-state index contributed by atoms with van der Waals surface area (Å²) in [4.78, 5) is -0.405. The van der Waals surface area contributed by atoms with Gasteiger partial charge in [0.1, 0.15) is 23.0 Å². The minimum atomic E-state index is -3.94. The molecule has 25 heavy (non-hydrogen) atoms. The van der Waals surface area contributed by atoms with Crippen molar-refractivity contribution in [3.8, 4) is 17.3 Å². The lowest BCUT2D eigenvalue weighted by Crippen LogP contribution is -2.29. The molecule has 1 aromatic carbocycles. The van der Waals surface area contributed by atoms with Crippen LogP contribution in [-0.2, 0) is 10.0 Å². The Balaban J connectivity index is 1.52. The summed E-state index contributed by atoms with van der Waals surface area (Å²) in [5, 5.41) is 7.82. The number of ether oxygens (including phenoxy) is 1. The summed E-state index contributed by atoms with van der Waals surface area (Å²) in [5.41, 5.74) is 0.553. The fourth-order valence-electron chi connectivity index (χ4n) is 2.02. The Bertz CT molecular complexity index is 928. The van der Waals surface area contributed by atoms with E-state index in [2.05, 4.69) is 14.9 Å². The zero-order chi connectivity index (χ0) is 17.7. The molecular formula is C16H14FN3O4S. The van der Waals surface area contributed by atoms with Crippen molar-refractivity contribution in [2.75, 3.05) is 13.2 Å². The summed E-state index contributed by atoms with van der Waals surface area (Å²) >= 11 is 0. The van der Waals surface area contributed by atoms with E-state index >= 15 is 0 Å². The van der Waals surface area contributed by atoms with E-state index < -0.39 is 20.7 Å². The first-order valence-electron chi connectivity index (χ1n) is 7.31. The molecule has 7 nitrogen and oxygen atoms in total. The molecule has 2 aromatic heterocycles. The van der Waals surface area contributed by atoms with Crippen molar-refractivity contribution in [3.63, 3.8) is 0 Å². The predicted molar refractivity (Wildman–Crippen MR) is 86.8 cm³/mol. The second-order valence-corrected chi connectivity index (χ2v) is 6.65. The summed E-state index contributed by atoms with van der Waals surface area (Å²) in [6.45, 7) is -0.0270. The average Bonchev–Trinajstić information content (AvgIpc) is 3.14. The molecule has 0 saturated carbocycles. The van der Waals surface area contributed by atoms with E-state index in [1.54, 1.807) is 24.3 Å². The molecule has 0 spiro atoms. The molecule has 0 radical (unpaired) electrons. The lowest BCUT2D eigenvalue weighted by atomic mass is 10.3. The molecule has 2 heterocycles. The minimum Gasteiger partial charge on any atom is -0.475 e. The Morgan fingerprint density at radius 1 is 1.08 bits per heavy atom. The highest BCUT2D eigenvalue weighted by atomic mass is 32.2. The van der Waals surface area contributed by atoms with Crippen molar-refractivity contribution in [2.45, 2.75) is 4.90 Å². The Morgan fingerprint density at radius 3 is 2.60 bits per heavy atom. The van der Waals surface area contributed by atoms with Crippen LogP contribution in [0.2, 0.25) is 0 Å². The topological polar surface area (TPSA) is 94.3 Å². The molecule has 0 fully saturated rings. The smallest absolute Gasteiger partial charge is 0.243 e. The third kappa shape index (κ3) is 4.20. The van der Waals surface area contributed by atoms with Gasteiger partial charge in [0.2, 0.25) is 15.9 Å². The molecule has 0 saturated heterocycles. The molecule has 0 aliphatic rings. The van der Waals surface area contributed by atoms with E-state index in [1.807, 2.05) is 0 Å². The number of sulfonamides is 1. The molecule has 0 bridgehead atoms. The summed E-state index contributed by atoms with van der Waals surface area (Å²) in [6.07, 6.45) is 1.53. The number of hydrogen-bond acceptors (Lipinski definition) is 6. The second-order valence-electron chi connectivity index (χ2n) is 4.91. The van der Waals surface area contributed by atoms with E-state index in [4.69, 9.17) is 9.15 Å². The molecule has 0 aliphatic carbocycles. The number of rotatable bonds is 7. The summed E-state index contributed by atoms with van der Waals surface area (Å²) in [5.74, 6) is 0.00685. The molecular weight excluding hydrogens is 349 g/mol. The summed E-state index contributed by atoms with van der Waals surface area (Å²) < 4.78 is 50.3. The number of furan rings is 1. The second kappa shape index (κ2) is 7.41. The lowest BCUT2D eigenvalue weighted by Gasteiger charge is -2.08. The number of benzene rings is 1. The maximum Gasteiger partial charge on any atom is 0.243 e. The minimum absolute atomic E-state index is 0.0163. The molecule has 0 aliphatic heterocycles. The molecule has 0 amide bonds. The van der Waals surface area contributed by atoms with Crippen molar-refractivity contribution in [1.82, 2.24) is 14.9 Å². The van der Waals surface area contributed by atoms with Gasteiger partial charge >= 0.3 is 0 Å².